The molecule has 4 nitrogen and oxygen atoms in total. The highest BCUT2D eigenvalue weighted by atomic mass is 35.5. The zero-order valence-corrected chi connectivity index (χ0v) is 14.3. The van der Waals surface area contributed by atoms with Gasteiger partial charge in [-0.05, 0) is 24.3 Å². The molecule has 2 aromatic rings. The third-order valence-corrected chi connectivity index (χ3v) is 4.49. The van der Waals surface area contributed by atoms with E-state index in [-0.39, 0.29) is 5.91 Å². The highest BCUT2D eigenvalue weighted by Crippen LogP contribution is 2.21. The lowest BCUT2D eigenvalue weighted by molar-refractivity contribution is 0.0391. The summed E-state index contributed by atoms with van der Waals surface area (Å²) in [5.74, 6) is -0.0694. The average molecular weight is 345 g/mol. The van der Waals surface area contributed by atoms with E-state index in [0.29, 0.717) is 17.1 Å². The standard InChI is InChI=1S/C19H21ClN2O2/c20-18-9-5-4-8-17(18)19(23)22(16-6-2-1-3-7-16)11-10-21-12-14-24-15-13-21/h1-9H,10-15H2. The van der Waals surface area contributed by atoms with E-state index in [2.05, 4.69) is 4.90 Å². The summed E-state index contributed by atoms with van der Waals surface area (Å²) in [7, 11) is 0. The molecule has 0 spiro atoms. The summed E-state index contributed by atoms with van der Waals surface area (Å²) in [6.45, 7) is 4.75. The minimum absolute atomic E-state index is 0.0694. The van der Waals surface area contributed by atoms with E-state index in [1.165, 1.54) is 0 Å². The molecule has 126 valence electrons. The summed E-state index contributed by atoms with van der Waals surface area (Å²) < 4.78 is 5.38. The first kappa shape index (κ1) is 17.0. The quantitative estimate of drug-likeness (QED) is 0.834. The number of rotatable bonds is 5. The van der Waals surface area contributed by atoms with Gasteiger partial charge in [0.15, 0.2) is 0 Å². The Kier molecular flexibility index (Phi) is 5.86. The molecule has 1 aliphatic rings. The number of carbonyl (C=O) groups is 1. The van der Waals surface area contributed by atoms with Gasteiger partial charge in [-0.15, -0.1) is 0 Å². The molecule has 1 aliphatic heterocycles. The third-order valence-electron chi connectivity index (χ3n) is 4.16. The van der Waals surface area contributed by atoms with Crippen molar-refractivity contribution in [1.29, 1.82) is 0 Å². The van der Waals surface area contributed by atoms with Crippen molar-refractivity contribution >= 4 is 23.2 Å². The Morgan fingerprint density at radius 3 is 2.42 bits per heavy atom. The zero-order valence-electron chi connectivity index (χ0n) is 13.5. The van der Waals surface area contributed by atoms with Crippen LogP contribution in [0.4, 0.5) is 5.69 Å². The Bertz CT molecular complexity index is 672. The first-order valence-electron chi connectivity index (χ1n) is 8.17. The largest absolute Gasteiger partial charge is 0.379 e. The van der Waals surface area contributed by atoms with Gasteiger partial charge in [-0.1, -0.05) is 41.9 Å². The van der Waals surface area contributed by atoms with Gasteiger partial charge in [0.05, 0.1) is 23.8 Å². The summed E-state index contributed by atoms with van der Waals surface area (Å²) in [6, 6.07) is 16.9. The molecule has 3 rings (SSSR count). The molecule has 1 amide bonds. The normalized spacial score (nSPS) is 15.2. The number of hydrogen-bond acceptors (Lipinski definition) is 3. The molecule has 2 aromatic carbocycles. The molecule has 1 saturated heterocycles. The van der Waals surface area contributed by atoms with E-state index in [1.807, 2.05) is 42.5 Å². The van der Waals surface area contributed by atoms with Crippen molar-refractivity contribution in [2.75, 3.05) is 44.3 Å². The Hall–Kier alpha value is -1.88. The second-order valence-corrected chi connectivity index (χ2v) is 6.13. The van der Waals surface area contributed by atoms with Gasteiger partial charge in [-0.3, -0.25) is 9.69 Å². The number of morpholine rings is 1. The molecule has 0 unspecified atom stereocenters. The van der Waals surface area contributed by atoms with Crippen LogP contribution in [0.15, 0.2) is 54.6 Å². The summed E-state index contributed by atoms with van der Waals surface area (Å²) >= 11 is 6.23. The van der Waals surface area contributed by atoms with E-state index < -0.39 is 0 Å². The SMILES string of the molecule is O=C(c1ccccc1Cl)N(CCN1CCOCC1)c1ccccc1. The molecule has 1 fully saturated rings. The lowest BCUT2D eigenvalue weighted by Gasteiger charge is -2.30. The van der Waals surface area contributed by atoms with Gasteiger partial charge in [0.1, 0.15) is 0 Å². The molecule has 0 aromatic heterocycles. The Morgan fingerprint density at radius 2 is 1.71 bits per heavy atom. The lowest BCUT2D eigenvalue weighted by atomic mass is 10.1. The molecule has 0 atom stereocenters. The van der Waals surface area contributed by atoms with Gasteiger partial charge in [0.2, 0.25) is 0 Å². The highest BCUT2D eigenvalue weighted by molar-refractivity contribution is 6.34. The first-order chi connectivity index (χ1) is 11.8. The van der Waals surface area contributed by atoms with Crippen molar-refractivity contribution in [2.24, 2.45) is 0 Å². The van der Waals surface area contributed by atoms with Gasteiger partial charge in [-0.2, -0.15) is 0 Å². The number of ether oxygens (including phenoxy) is 1. The van der Waals surface area contributed by atoms with E-state index >= 15 is 0 Å². The third kappa shape index (κ3) is 4.15. The average Bonchev–Trinajstić information content (AvgIpc) is 2.64. The van der Waals surface area contributed by atoms with Crippen LogP contribution in [0.3, 0.4) is 0 Å². The Balaban J connectivity index is 1.79. The van der Waals surface area contributed by atoms with Crippen LogP contribution in [0.25, 0.3) is 0 Å². The van der Waals surface area contributed by atoms with Crippen LogP contribution in [0.1, 0.15) is 10.4 Å². The number of halogens is 1. The van der Waals surface area contributed by atoms with Gasteiger partial charge in [-0.25, -0.2) is 0 Å². The molecule has 24 heavy (non-hydrogen) atoms. The number of hydrogen-bond donors (Lipinski definition) is 0. The topological polar surface area (TPSA) is 32.8 Å². The summed E-state index contributed by atoms with van der Waals surface area (Å²) in [5, 5.41) is 0.481. The second-order valence-electron chi connectivity index (χ2n) is 5.73. The maximum Gasteiger partial charge on any atom is 0.259 e. The predicted octanol–water partition coefficient (Wildman–Crippen LogP) is 3.32. The minimum Gasteiger partial charge on any atom is -0.379 e. The maximum absolute atomic E-state index is 13.0. The Morgan fingerprint density at radius 1 is 1.04 bits per heavy atom. The van der Waals surface area contributed by atoms with Crippen LogP contribution < -0.4 is 4.90 Å². The molecule has 1 heterocycles. The van der Waals surface area contributed by atoms with Crippen molar-refractivity contribution in [3.8, 4) is 0 Å². The highest BCUT2D eigenvalue weighted by Gasteiger charge is 2.21. The molecular formula is C19H21ClN2O2. The number of carbonyl (C=O) groups excluding carboxylic acids is 1. The molecular weight excluding hydrogens is 324 g/mol. The Labute approximate surface area is 147 Å². The molecule has 0 saturated carbocycles. The zero-order chi connectivity index (χ0) is 16.8. The fourth-order valence-electron chi connectivity index (χ4n) is 2.80. The predicted molar refractivity (Wildman–Crippen MR) is 96.8 cm³/mol. The minimum atomic E-state index is -0.0694. The number of benzene rings is 2. The summed E-state index contributed by atoms with van der Waals surface area (Å²) in [5.41, 5.74) is 1.42. The van der Waals surface area contributed by atoms with E-state index in [1.54, 1.807) is 17.0 Å². The second kappa shape index (κ2) is 8.29. The summed E-state index contributed by atoms with van der Waals surface area (Å²) in [4.78, 5) is 17.2. The molecule has 0 aliphatic carbocycles. The van der Waals surface area contributed by atoms with E-state index in [4.69, 9.17) is 16.3 Å². The first-order valence-corrected chi connectivity index (χ1v) is 8.55. The van der Waals surface area contributed by atoms with Crippen LogP contribution in [0.5, 0.6) is 0 Å². The maximum atomic E-state index is 13.0. The van der Waals surface area contributed by atoms with Crippen molar-refractivity contribution in [2.45, 2.75) is 0 Å². The molecule has 0 bridgehead atoms. The smallest absolute Gasteiger partial charge is 0.259 e. The molecule has 5 heteroatoms. The van der Waals surface area contributed by atoms with Crippen LogP contribution >= 0.6 is 11.6 Å². The fraction of sp³-hybridized carbons (Fsp3) is 0.316. The van der Waals surface area contributed by atoms with Crippen LogP contribution in [-0.2, 0) is 4.74 Å². The van der Waals surface area contributed by atoms with Gasteiger partial charge >= 0.3 is 0 Å². The fourth-order valence-corrected chi connectivity index (χ4v) is 3.02. The number of nitrogens with zero attached hydrogens (tertiary/aromatic N) is 2. The van der Waals surface area contributed by atoms with Crippen molar-refractivity contribution < 1.29 is 9.53 Å². The summed E-state index contributed by atoms with van der Waals surface area (Å²) in [6.07, 6.45) is 0. The van der Waals surface area contributed by atoms with Crippen molar-refractivity contribution in [3.63, 3.8) is 0 Å². The van der Waals surface area contributed by atoms with E-state index in [0.717, 1.165) is 38.5 Å². The van der Waals surface area contributed by atoms with Crippen LogP contribution in [0.2, 0.25) is 5.02 Å². The number of anilines is 1. The monoisotopic (exact) mass is 344 g/mol. The lowest BCUT2D eigenvalue weighted by Crippen LogP contribution is -2.43. The van der Waals surface area contributed by atoms with Gasteiger partial charge in [0, 0.05) is 31.9 Å². The van der Waals surface area contributed by atoms with E-state index in [9.17, 15) is 4.79 Å². The van der Waals surface area contributed by atoms with Crippen molar-refractivity contribution in [3.05, 3.63) is 65.2 Å². The van der Waals surface area contributed by atoms with Gasteiger partial charge in [0.25, 0.3) is 5.91 Å². The number of amides is 1. The molecule has 0 radical (unpaired) electrons. The van der Waals surface area contributed by atoms with Crippen LogP contribution in [-0.4, -0.2) is 50.2 Å². The van der Waals surface area contributed by atoms with Crippen LogP contribution in [0, 0.1) is 0 Å². The van der Waals surface area contributed by atoms with Crippen molar-refractivity contribution in [1.82, 2.24) is 4.90 Å². The number of para-hydroxylation sites is 1. The van der Waals surface area contributed by atoms with Gasteiger partial charge < -0.3 is 9.64 Å². The molecule has 0 N–H and O–H groups in total.